The van der Waals surface area contributed by atoms with Crippen molar-refractivity contribution in [2.45, 2.75) is 32.9 Å². The van der Waals surface area contributed by atoms with Crippen LogP contribution in [0.1, 0.15) is 26.3 Å². The number of hydrogen-bond acceptors (Lipinski definition) is 4. The number of benzene rings is 1. The fourth-order valence-corrected chi connectivity index (χ4v) is 1.74. The summed E-state index contributed by atoms with van der Waals surface area (Å²) in [4.78, 5) is 2.27. The van der Waals surface area contributed by atoms with Crippen LogP contribution in [0.25, 0.3) is 0 Å². The van der Waals surface area contributed by atoms with Crippen molar-refractivity contribution in [3.05, 3.63) is 17.7 Å². The van der Waals surface area contributed by atoms with E-state index in [0.29, 0.717) is 17.2 Å². The molecule has 4 heteroatoms. The van der Waals surface area contributed by atoms with Crippen LogP contribution in [0.5, 0.6) is 17.2 Å². The monoisotopic (exact) mass is 267 g/mol. The van der Waals surface area contributed by atoms with E-state index >= 15 is 0 Å². The molecule has 0 saturated carbocycles. The molecule has 0 unspecified atom stereocenters. The molecule has 1 rings (SSSR count). The Labute approximate surface area is 116 Å². The molecule has 0 radical (unpaired) electrons. The average Bonchev–Trinajstić information content (AvgIpc) is 2.36. The first-order valence-electron chi connectivity index (χ1n) is 6.33. The van der Waals surface area contributed by atoms with Crippen molar-refractivity contribution in [1.29, 1.82) is 0 Å². The summed E-state index contributed by atoms with van der Waals surface area (Å²) in [6.45, 7) is 7.38. The van der Waals surface area contributed by atoms with Crippen LogP contribution in [0, 0.1) is 0 Å². The van der Waals surface area contributed by atoms with Gasteiger partial charge in [-0.05, 0) is 45.5 Å². The van der Waals surface area contributed by atoms with E-state index in [0.717, 1.165) is 12.1 Å². The highest BCUT2D eigenvalue weighted by atomic mass is 16.5. The van der Waals surface area contributed by atoms with Gasteiger partial charge in [0, 0.05) is 12.1 Å². The third-order valence-electron chi connectivity index (χ3n) is 3.29. The maximum Gasteiger partial charge on any atom is 0.203 e. The van der Waals surface area contributed by atoms with Crippen LogP contribution in [0.4, 0.5) is 0 Å². The van der Waals surface area contributed by atoms with Gasteiger partial charge in [-0.3, -0.25) is 4.90 Å². The van der Waals surface area contributed by atoms with Crippen molar-refractivity contribution < 1.29 is 14.2 Å². The molecule has 0 bridgehead atoms. The van der Waals surface area contributed by atoms with E-state index in [-0.39, 0.29) is 5.54 Å². The van der Waals surface area contributed by atoms with E-state index in [1.807, 2.05) is 12.1 Å². The molecule has 0 saturated heterocycles. The molecule has 0 aliphatic rings. The Morgan fingerprint density at radius 1 is 0.947 bits per heavy atom. The van der Waals surface area contributed by atoms with E-state index < -0.39 is 0 Å². The fourth-order valence-electron chi connectivity index (χ4n) is 1.74. The molecular formula is C15H25NO3. The van der Waals surface area contributed by atoms with Crippen molar-refractivity contribution in [2.24, 2.45) is 0 Å². The average molecular weight is 267 g/mol. The van der Waals surface area contributed by atoms with Gasteiger partial charge in [-0.1, -0.05) is 0 Å². The van der Waals surface area contributed by atoms with Gasteiger partial charge >= 0.3 is 0 Å². The second-order valence-corrected chi connectivity index (χ2v) is 5.56. The highest BCUT2D eigenvalue weighted by Gasteiger charge is 2.19. The molecule has 0 N–H and O–H groups in total. The second-order valence-electron chi connectivity index (χ2n) is 5.56. The molecule has 19 heavy (non-hydrogen) atoms. The third kappa shape index (κ3) is 3.77. The van der Waals surface area contributed by atoms with E-state index in [4.69, 9.17) is 14.2 Å². The van der Waals surface area contributed by atoms with Crippen molar-refractivity contribution in [2.75, 3.05) is 28.4 Å². The zero-order valence-electron chi connectivity index (χ0n) is 13.0. The standard InChI is InChI=1S/C15H25NO3/c1-15(2,3)16(4)10-11-8-12(17-5)14(19-7)13(9-11)18-6/h8-9H,10H2,1-7H3. The molecule has 0 atom stereocenters. The van der Waals surface area contributed by atoms with E-state index in [1.165, 1.54) is 0 Å². The van der Waals surface area contributed by atoms with Gasteiger partial charge in [0.2, 0.25) is 5.75 Å². The van der Waals surface area contributed by atoms with Crippen molar-refractivity contribution >= 4 is 0 Å². The van der Waals surface area contributed by atoms with Crippen LogP contribution in [0.3, 0.4) is 0 Å². The molecule has 108 valence electrons. The molecule has 0 amide bonds. The van der Waals surface area contributed by atoms with Crippen LogP contribution in [-0.4, -0.2) is 38.8 Å². The summed E-state index contributed by atoms with van der Waals surface area (Å²) in [5.41, 5.74) is 1.24. The van der Waals surface area contributed by atoms with E-state index in [1.54, 1.807) is 21.3 Å². The fraction of sp³-hybridized carbons (Fsp3) is 0.600. The zero-order chi connectivity index (χ0) is 14.6. The minimum atomic E-state index is 0.112. The summed E-state index contributed by atoms with van der Waals surface area (Å²) in [7, 11) is 6.98. The lowest BCUT2D eigenvalue weighted by Crippen LogP contribution is -2.37. The lowest BCUT2D eigenvalue weighted by atomic mass is 10.1. The van der Waals surface area contributed by atoms with Gasteiger partial charge in [-0.2, -0.15) is 0 Å². The first-order valence-corrected chi connectivity index (χ1v) is 6.33. The van der Waals surface area contributed by atoms with Crippen LogP contribution in [0.2, 0.25) is 0 Å². The SMILES string of the molecule is COc1cc(CN(C)C(C)(C)C)cc(OC)c1OC. The quantitative estimate of drug-likeness (QED) is 0.820. The summed E-state index contributed by atoms with van der Waals surface area (Å²) in [5.74, 6) is 2.02. The highest BCUT2D eigenvalue weighted by molar-refractivity contribution is 5.53. The second kappa shape index (κ2) is 6.15. The zero-order valence-corrected chi connectivity index (χ0v) is 13.0. The van der Waals surface area contributed by atoms with Gasteiger partial charge in [0.25, 0.3) is 0 Å². The Morgan fingerprint density at radius 3 is 1.74 bits per heavy atom. The smallest absolute Gasteiger partial charge is 0.203 e. The normalized spacial score (nSPS) is 11.6. The van der Waals surface area contributed by atoms with Gasteiger partial charge in [-0.15, -0.1) is 0 Å². The van der Waals surface area contributed by atoms with Crippen LogP contribution < -0.4 is 14.2 Å². The van der Waals surface area contributed by atoms with Crippen LogP contribution >= 0.6 is 0 Å². The number of ether oxygens (including phenoxy) is 3. The Hall–Kier alpha value is -1.42. The molecule has 1 aromatic carbocycles. The topological polar surface area (TPSA) is 30.9 Å². The van der Waals surface area contributed by atoms with Gasteiger partial charge in [0.1, 0.15) is 0 Å². The van der Waals surface area contributed by atoms with Gasteiger partial charge < -0.3 is 14.2 Å². The Morgan fingerprint density at radius 2 is 1.42 bits per heavy atom. The Kier molecular flexibility index (Phi) is 5.06. The number of rotatable bonds is 5. The first-order chi connectivity index (χ1) is 8.83. The predicted octanol–water partition coefficient (Wildman–Crippen LogP) is 2.94. The Balaban J connectivity index is 3.10. The van der Waals surface area contributed by atoms with Gasteiger partial charge in [0.15, 0.2) is 11.5 Å². The van der Waals surface area contributed by atoms with Crippen LogP contribution in [-0.2, 0) is 6.54 Å². The molecule has 4 nitrogen and oxygen atoms in total. The molecule has 0 aromatic heterocycles. The van der Waals surface area contributed by atoms with Crippen LogP contribution in [0.15, 0.2) is 12.1 Å². The summed E-state index contributed by atoms with van der Waals surface area (Å²) in [6, 6.07) is 3.98. The number of nitrogens with zero attached hydrogens (tertiary/aromatic N) is 1. The highest BCUT2D eigenvalue weighted by Crippen LogP contribution is 2.38. The number of methoxy groups -OCH3 is 3. The summed E-state index contributed by atoms with van der Waals surface area (Å²) in [5, 5.41) is 0. The summed E-state index contributed by atoms with van der Waals surface area (Å²) in [6.07, 6.45) is 0. The van der Waals surface area contributed by atoms with Crippen molar-refractivity contribution in [3.8, 4) is 17.2 Å². The summed E-state index contributed by atoms with van der Waals surface area (Å²) < 4.78 is 16.0. The third-order valence-corrected chi connectivity index (χ3v) is 3.29. The predicted molar refractivity (Wildman–Crippen MR) is 77.3 cm³/mol. The lowest BCUT2D eigenvalue weighted by molar-refractivity contribution is 0.167. The maximum absolute atomic E-state index is 5.36. The number of hydrogen-bond donors (Lipinski definition) is 0. The minimum Gasteiger partial charge on any atom is -0.493 e. The van der Waals surface area contributed by atoms with E-state index in [9.17, 15) is 0 Å². The van der Waals surface area contributed by atoms with Gasteiger partial charge in [0.05, 0.1) is 21.3 Å². The molecule has 0 fully saturated rings. The minimum absolute atomic E-state index is 0.112. The molecule has 0 aliphatic heterocycles. The Bertz CT molecular complexity index is 399. The van der Waals surface area contributed by atoms with E-state index in [2.05, 4.69) is 32.7 Å². The maximum atomic E-state index is 5.36. The molecule has 0 spiro atoms. The molecular weight excluding hydrogens is 242 g/mol. The summed E-state index contributed by atoms with van der Waals surface area (Å²) >= 11 is 0. The lowest BCUT2D eigenvalue weighted by Gasteiger charge is -2.32. The van der Waals surface area contributed by atoms with Crippen molar-refractivity contribution in [3.63, 3.8) is 0 Å². The largest absolute Gasteiger partial charge is 0.493 e. The first kappa shape index (κ1) is 15.6. The molecule has 0 aliphatic carbocycles. The van der Waals surface area contributed by atoms with Gasteiger partial charge in [-0.25, -0.2) is 0 Å². The van der Waals surface area contributed by atoms with Crippen molar-refractivity contribution in [1.82, 2.24) is 4.90 Å². The molecule has 0 heterocycles. The molecule has 1 aromatic rings.